The van der Waals surface area contributed by atoms with Gasteiger partial charge in [-0.1, -0.05) is 25.1 Å². The molecule has 2 aromatic rings. The van der Waals surface area contributed by atoms with Crippen LogP contribution >= 0.6 is 0 Å². The lowest BCUT2D eigenvalue weighted by atomic mass is 10.2. The van der Waals surface area contributed by atoms with Gasteiger partial charge in [-0.2, -0.15) is 18.3 Å². The first-order valence-electron chi connectivity index (χ1n) is 7.64. The van der Waals surface area contributed by atoms with E-state index in [2.05, 4.69) is 15.7 Å². The molecule has 1 aromatic heterocycles. The Labute approximate surface area is 137 Å². The quantitative estimate of drug-likeness (QED) is 0.762. The third-order valence-electron chi connectivity index (χ3n) is 3.30. The number of aromatic nitrogens is 2. The van der Waals surface area contributed by atoms with Crippen molar-refractivity contribution in [1.29, 1.82) is 0 Å². The van der Waals surface area contributed by atoms with Gasteiger partial charge < -0.3 is 10.6 Å². The Kier molecular flexibility index (Phi) is 5.97. The molecule has 0 fully saturated rings. The average Bonchev–Trinajstić information content (AvgIpc) is 3.01. The highest BCUT2D eigenvalue weighted by molar-refractivity contribution is 5.95. The molecule has 2 rings (SSSR count). The van der Waals surface area contributed by atoms with Gasteiger partial charge in [-0.05, 0) is 25.1 Å². The van der Waals surface area contributed by atoms with E-state index in [-0.39, 0.29) is 12.2 Å². The predicted molar refractivity (Wildman–Crippen MR) is 84.1 cm³/mol. The Morgan fingerprint density at radius 1 is 1.17 bits per heavy atom. The molecule has 0 aliphatic carbocycles. The van der Waals surface area contributed by atoms with Crippen LogP contribution in [0.1, 0.15) is 29.4 Å². The highest BCUT2D eigenvalue weighted by atomic mass is 19.4. The lowest BCUT2D eigenvalue weighted by Gasteiger charge is -2.13. The number of hydrogen-bond donors (Lipinski definition) is 2. The van der Waals surface area contributed by atoms with Crippen molar-refractivity contribution in [3.63, 3.8) is 0 Å². The summed E-state index contributed by atoms with van der Waals surface area (Å²) in [6, 6.07) is 7.90. The first-order valence-corrected chi connectivity index (χ1v) is 7.64. The molecule has 0 spiro atoms. The first-order chi connectivity index (χ1) is 11.4. The summed E-state index contributed by atoms with van der Waals surface area (Å²) in [4.78, 5) is 12.1. The molecular weight excluding hydrogens is 321 g/mol. The van der Waals surface area contributed by atoms with Crippen LogP contribution in [-0.4, -0.2) is 35.3 Å². The number of hydrogen-bond acceptors (Lipinski definition) is 3. The maximum absolute atomic E-state index is 13.4. The van der Waals surface area contributed by atoms with E-state index < -0.39 is 23.3 Å². The summed E-state index contributed by atoms with van der Waals surface area (Å²) in [6.45, 7) is 3.52. The number of benzene rings is 1. The van der Waals surface area contributed by atoms with Crippen molar-refractivity contribution in [2.75, 3.05) is 19.6 Å². The minimum Gasteiger partial charge on any atom is -0.351 e. The summed E-state index contributed by atoms with van der Waals surface area (Å²) in [7, 11) is 0. The van der Waals surface area contributed by atoms with Crippen LogP contribution < -0.4 is 10.6 Å². The zero-order valence-electron chi connectivity index (χ0n) is 13.2. The Balaban J connectivity index is 2.21. The van der Waals surface area contributed by atoms with E-state index >= 15 is 0 Å². The Morgan fingerprint density at radius 3 is 2.50 bits per heavy atom. The van der Waals surface area contributed by atoms with E-state index in [0.29, 0.717) is 6.54 Å². The van der Waals surface area contributed by atoms with Crippen LogP contribution in [0.25, 0.3) is 5.69 Å². The lowest BCUT2D eigenvalue weighted by molar-refractivity contribution is -0.143. The van der Waals surface area contributed by atoms with Gasteiger partial charge in [-0.15, -0.1) is 0 Å². The standard InChI is InChI=1S/C16H19F3N4O/c1-2-8-20-9-10-21-15(24)13-11-22-23(14(13)16(17,18)19)12-6-4-3-5-7-12/h3-7,11,20H,2,8-10H2,1H3,(H,21,24). The summed E-state index contributed by atoms with van der Waals surface area (Å²) in [5.74, 6) is -0.789. The fourth-order valence-electron chi connectivity index (χ4n) is 2.21. The molecule has 1 aromatic carbocycles. The van der Waals surface area contributed by atoms with Gasteiger partial charge in [0.15, 0.2) is 5.69 Å². The Morgan fingerprint density at radius 2 is 1.88 bits per heavy atom. The predicted octanol–water partition coefficient (Wildman–Crippen LogP) is 2.62. The van der Waals surface area contributed by atoms with E-state index in [1.165, 1.54) is 12.1 Å². The molecule has 0 atom stereocenters. The number of nitrogens with one attached hydrogen (secondary N) is 2. The molecule has 1 amide bonds. The second-order valence-electron chi connectivity index (χ2n) is 5.16. The number of nitrogens with zero attached hydrogens (tertiary/aromatic N) is 2. The van der Waals surface area contributed by atoms with E-state index in [9.17, 15) is 18.0 Å². The lowest BCUT2D eigenvalue weighted by Crippen LogP contribution is -2.33. The SMILES string of the molecule is CCCNCCNC(=O)c1cnn(-c2ccccc2)c1C(F)(F)F. The van der Waals surface area contributed by atoms with Crippen molar-refractivity contribution in [1.82, 2.24) is 20.4 Å². The largest absolute Gasteiger partial charge is 0.434 e. The topological polar surface area (TPSA) is 58.9 Å². The van der Waals surface area contributed by atoms with Crippen molar-refractivity contribution >= 4 is 5.91 Å². The monoisotopic (exact) mass is 340 g/mol. The van der Waals surface area contributed by atoms with E-state index in [4.69, 9.17) is 0 Å². The van der Waals surface area contributed by atoms with Gasteiger partial charge >= 0.3 is 6.18 Å². The van der Waals surface area contributed by atoms with Gasteiger partial charge in [0.1, 0.15) is 0 Å². The van der Waals surface area contributed by atoms with Gasteiger partial charge in [-0.25, -0.2) is 4.68 Å². The number of para-hydroxylation sites is 1. The van der Waals surface area contributed by atoms with Crippen molar-refractivity contribution in [2.24, 2.45) is 0 Å². The van der Waals surface area contributed by atoms with Gasteiger partial charge in [0.2, 0.25) is 0 Å². The zero-order chi connectivity index (χ0) is 17.6. The van der Waals surface area contributed by atoms with Crippen molar-refractivity contribution < 1.29 is 18.0 Å². The number of carbonyl (C=O) groups excluding carboxylic acids is 1. The zero-order valence-corrected chi connectivity index (χ0v) is 13.2. The summed E-state index contributed by atoms with van der Waals surface area (Å²) in [5.41, 5.74) is -1.32. The maximum atomic E-state index is 13.4. The van der Waals surface area contributed by atoms with E-state index in [1.54, 1.807) is 18.2 Å². The van der Waals surface area contributed by atoms with Crippen LogP contribution in [0, 0.1) is 0 Å². The molecule has 130 valence electrons. The molecule has 2 N–H and O–H groups in total. The van der Waals surface area contributed by atoms with Crippen LogP contribution in [-0.2, 0) is 6.18 Å². The number of amides is 1. The van der Waals surface area contributed by atoms with Crippen LogP contribution in [0.3, 0.4) is 0 Å². The Hall–Kier alpha value is -2.35. The summed E-state index contributed by atoms with van der Waals surface area (Å²) in [6.07, 6.45) is -2.81. The second kappa shape index (κ2) is 7.96. The normalized spacial score (nSPS) is 11.5. The van der Waals surface area contributed by atoms with Crippen molar-refractivity contribution in [3.8, 4) is 5.69 Å². The first kappa shape index (κ1) is 18.0. The smallest absolute Gasteiger partial charge is 0.351 e. The fourth-order valence-corrected chi connectivity index (χ4v) is 2.21. The number of alkyl halides is 3. The van der Waals surface area contributed by atoms with Gasteiger partial charge in [0.05, 0.1) is 17.4 Å². The summed E-state index contributed by atoms with van der Waals surface area (Å²) in [5, 5.41) is 9.29. The number of rotatable bonds is 7. The molecule has 24 heavy (non-hydrogen) atoms. The molecule has 0 radical (unpaired) electrons. The molecule has 0 saturated carbocycles. The molecule has 1 heterocycles. The molecule has 8 heteroatoms. The summed E-state index contributed by atoms with van der Waals surface area (Å²) >= 11 is 0. The van der Waals surface area contributed by atoms with Crippen LogP contribution in [0.15, 0.2) is 36.5 Å². The van der Waals surface area contributed by atoms with Gasteiger partial charge in [-0.3, -0.25) is 4.79 Å². The third kappa shape index (κ3) is 4.35. The highest BCUT2D eigenvalue weighted by Crippen LogP contribution is 2.33. The van der Waals surface area contributed by atoms with Gasteiger partial charge in [0, 0.05) is 13.1 Å². The molecule has 0 unspecified atom stereocenters. The Bertz CT molecular complexity index is 668. The minimum atomic E-state index is -4.69. The molecule has 0 aliphatic rings. The van der Waals surface area contributed by atoms with E-state index in [1.807, 2.05) is 6.92 Å². The number of halogens is 3. The molecular formula is C16H19F3N4O. The van der Waals surface area contributed by atoms with Crippen molar-refractivity contribution in [3.05, 3.63) is 47.8 Å². The molecule has 0 bridgehead atoms. The van der Waals surface area contributed by atoms with E-state index in [0.717, 1.165) is 23.8 Å². The van der Waals surface area contributed by atoms with Gasteiger partial charge in [0.25, 0.3) is 5.91 Å². The fraction of sp³-hybridized carbons (Fsp3) is 0.375. The second-order valence-corrected chi connectivity index (χ2v) is 5.16. The summed E-state index contributed by atoms with van der Waals surface area (Å²) < 4.78 is 41.0. The van der Waals surface area contributed by atoms with Crippen LogP contribution in [0.2, 0.25) is 0 Å². The highest BCUT2D eigenvalue weighted by Gasteiger charge is 2.40. The average molecular weight is 340 g/mol. The van der Waals surface area contributed by atoms with Crippen LogP contribution in [0.4, 0.5) is 13.2 Å². The molecule has 0 aliphatic heterocycles. The minimum absolute atomic E-state index is 0.243. The third-order valence-corrected chi connectivity index (χ3v) is 3.30. The molecule has 5 nitrogen and oxygen atoms in total. The molecule has 0 saturated heterocycles. The number of carbonyl (C=O) groups is 1. The maximum Gasteiger partial charge on any atom is 0.434 e. The van der Waals surface area contributed by atoms with Crippen molar-refractivity contribution in [2.45, 2.75) is 19.5 Å². The van der Waals surface area contributed by atoms with Crippen LogP contribution in [0.5, 0.6) is 0 Å².